The molecule has 78 valence electrons. The van der Waals surface area contributed by atoms with Crippen molar-refractivity contribution >= 4 is 28.7 Å². The van der Waals surface area contributed by atoms with Crippen molar-refractivity contribution in [2.75, 3.05) is 13.2 Å². The maximum Gasteiger partial charge on any atom is 0.140 e. The minimum absolute atomic E-state index is 0.206. The van der Waals surface area contributed by atoms with Crippen molar-refractivity contribution in [1.29, 1.82) is 0 Å². The summed E-state index contributed by atoms with van der Waals surface area (Å²) >= 11 is 7.21. The predicted octanol–water partition coefficient (Wildman–Crippen LogP) is 2.94. The Morgan fingerprint density at radius 1 is 1.57 bits per heavy atom. The van der Waals surface area contributed by atoms with Crippen LogP contribution in [0.5, 0.6) is 0 Å². The third-order valence-corrected chi connectivity index (χ3v) is 2.96. The van der Waals surface area contributed by atoms with Gasteiger partial charge in [-0.3, -0.25) is 4.79 Å². The van der Waals surface area contributed by atoms with Crippen molar-refractivity contribution in [3.63, 3.8) is 0 Å². The molecule has 0 saturated heterocycles. The predicted molar refractivity (Wildman–Crippen MR) is 59.2 cm³/mol. The molecule has 1 aromatic heterocycles. The third-order valence-electron chi connectivity index (χ3n) is 1.73. The van der Waals surface area contributed by atoms with Gasteiger partial charge in [-0.1, -0.05) is 11.6 Å². The van der Waals surface area contributed by atoms with E-state index in [-0.39, 0.29) is 5.78 Å². The number of hydrogen-bond donors (Lipinski definition) is 0. The number of Topliss-reactive ketones (excluding diaryl/α,β-unsaturated/α-hetero) is 1. The van der Waals surface area contributed by atoms with Crippen LogP contribution in [-0.2, 0) is 16.0 Å². The number of carbonyl (C=O) groups excluding carboxylic acids is 1. The van der Waals surface area contributed by atoms with E-state index in [1.165, 1.54) is 11.3 Å². The van der Waals surface area contributed by atoms with Crippen molar-refractivity contribution in [2.45, 2.75) is 19.8 Å². The first-order valence-corrected chi connectivity index (χ1v) is 5.75. The summed E-state index contributed by atoms with van der Waals surface area (Å²) in [6.07, 6.45) is 0.966. The standard InChI is InChI=1S/C10H13ClO2S/c1-2-13-6-5-8(12)7-9-3-4-10(11)14-9/h3-4H,2,5-7H2,1H3. The summed E-state index contributed by atoms with van der Waals surface area (Å²) < 4.78 is 5.84. The molecule has 1 rings (SSSR count). The first-order valence-electron chi connectivity index (χ1n) is 4.56. The molecule has 0 fully saturated rings. The molecule has 0 atom stereocenters. The van der Waals surface area contributed by atoms with Crippen LogP contribution >= 0.6 is 22.9 Å². The van der Waals surface area contributed by atoms with Crippen LogP contribution < -0.4 is 0 Å². The van der Waals surface area contributed by atoms with Gasteiger partial charge in [0.1, 0.15) is 5.78 Å². The normalized spacial score (nSPS) is 10.4. The second kappa shape index (κ2) is 6.17. The SMILES string of the molecule is CCOCCC(=O)Cc1ccc(Cl)s1. The number of ketones is 1. The molecule has 1 aromatic rings. The van der Waals surface area contributed by atoms with Crippen molar-refractivity contribution in [2.24, 2.45) is 0 Å². The van der Waals surface area contributed by atoms with Crippen molar-refractivity contribution in [3.05, 3.63) is 21.3 Å². The topological polar surface area (TPSA) is 26.3 Å². The van der Waals surface area contributed by atoms with Gasteiger partial charge in [-0.15, -0.1) is 11.3 Å². The summed E-state index contributed by atoms with van der Waals surface area (Å²) in [4.78, 5) is 12.4. The van der Waals surface area contributed by atoms with E-state index in [0.717, 1.165) is 9.21 Å². The number of rotatable bonds is 6. The van der Waals surface area contributed by atoms with Crippen LogP contribution in [0.2, 0.25) is 4.34 Å². The Labute approximate surface area is 92.8 Å². The molecule has 0 radical (unpaired) electrons. The highest BCUT2D eigenvalue weighted by Crippen LogP contribution is 2.22. The summed E-state index contributed by atoms with van der Waals surface area (Å²) in [6.45, 7) is 3.11. The van der Waals surface area contributed by atoms with Gasteiger partial charge in [-0.05, 0) is 19.1 Å². The molecule has 0 unspecified atom stereocenters. The van der Waals surface area contributed by atoms with Crippen molar-refractivity contribution < 1.29 is 9.53 Å². The molecule has 14 heavy (non-hydrogen) atoms. The fourth-order valence-corrected chi connectivity index (χ4v) is 2.18. The van der Waals surface area contributed by atoms with E-state index in [2.05, 4.69) is 0 Å². The van der Waals surface area contributed by atoms with E-state index < -0.39 is 0 Å². The lowest BCUT2D eigenvalue weighted by Gasteiger charge is -1.99. The van der Waals surface area contributed by atoms with Gasteiger partial charge in [0.2, 0.25) is 0 Å². The maximum absolute atomic E-state index is 11.4. The zero-order valence-electron chi connectivity index (χ0n) is 8.09. The number of ether oxygens (including phenoxy) is 1. The Balaban J connectivity index is 2.27. The van der Waals surface area contributed by atoms with Crippen LogP contribution in [0.1, 0.15) is 18.2 Å². The quantitative estimate of drug-likeness (QED) is 0.705. The molecule has 0 aliphatic heterocycles. The fourth-order valence-electron chi connectivity index (χ4n) is 1.06. The summed E-state index contributed by atoms with van der Waals surface area (Å²) in [5.74, 6) is 0.206. The number of halogens is 1. The number of thiophene rings is 1. The van der Waals surface area contributed by atoms with Crippen molar-refractivity contribution in [3.8, 4) is 0 Å². The van der Waals surface area contributed by atoms with E-state index in [4.69, 9.17) is 16.3 Å². The zero-order valence-corrected chi connectivity index (χ0v) is 9.66. The molecule has 0 aromatic carbocycles. The maximum atomic E-state index is 11.4. The first-order chi connectivity index (χ1) is 6.72. The average molecular weight is 233 g/mol. The van der Waals surface area contributed by atoms with Gasteiger partial charge in [-0.25, -0.2) is 0 Å². The average Bonchev–Trinajstić information content (AvgIpc) is 2.52. The Kier molecular flexibility index (Phi) is 5.15. The molecular formula is C10H13ClO2S. The summed E-state index contributed by atoms with van der Waals surface area (Å²) in [5, 5.41) is 0. The molecule has 0 N–H and O–H groups in total. The van der Waals surface area contributed by atoms with E-state index in [9.17, 15) is 4.79 Å². The van der Waals surface area contributed by atoms with Gasteiger partial charge < -0.3 is 4.74 Å². The Morgan fingerprint density at radius 2 is 2.36 bits per heavy atom. The second-order valence-electron chi connectivity index (χ2n) is 2.87. The Bertz CT molecular complexity index is 296. The smallest absolute Gasteiger partial charge is 0.140 e. The Hall–Kier alpha value is -0.380. The summed E-state index contributed by atoms with van der Waals surface area (Å²) in [7, 11) is 0. The lowest BCUT2D eigenvalue weighted by Crippen LogP contribution is -2.06. The van der Waals surface area contributed by atoms with E-state index >= 15 is 0 Å². The number of carbonyl (C=O) groups is 1. The highest BCUT2D eigenvalue weighted by Gasteiger charge is 2.05. The number of hydrogen-bond acceptors (Lipinski definition) is 3. The molecular weight excluding hydrogens is 220 g/mol. The van der Waals surface area contributed by atoms with E-state index in [0.29, 0.717) is 26.1 Å². The molecule has 0 spiro atoms. The molecule has 0 aliphatic carbocycles. The molecule has 4 heteroatoms. The van der Waals surface area contributed by atoms with Gasteiger partial charge in [-0.2, -0.15) is 0 Å². The molecule has 0 saturated carbocycles. The summed E-state index contributed by atoms with van der Waals surface area (Å²) in [5.41, 5.74) is 0. The van der Waals surface area contributed by atoms with Crippen LogP contribution in [0.15, 0.2) is 12.1 Å². The molecule has 2 nitrogen and oxygen atoms in total. The van der Waals surface area contributed by atoms with Crippen LogP contribution in [-0.4, -0.2) is 19.0 Å². The first kappa shape index (κ1) is 11.7. The van der Waals surface area contributed by atoms with Gasteiger partial charge in [0.25, 0.3) is 0 Å². The van der Waals surface area contributed by atoms with E-state index in [1.807, 2.05) is 19.1 Å². The zero-order chi connectivity index (χ0) is 10.4. The molecule has 0 aliphatic rings. The minimum atomic E-state index is 0.206. The lowest BCUT2D eigenvalue weighted by atomic mass is 10.2. The molecule has 0 amide bonds. The van der Waals surface area contributed by atoms with Crippen LogP contribution in [0, 0.1) is 0 Å². The summed E-state index contributed by atoms with van der Waals surface area (Å²) in [6, 6.07) is 3.71. The molecule has 1 heterocycles. The third kappa shape index (κ3) is 4.22. The van der Waals surface area contributed by atoms with Gasteiger partial charge in [0.05, 0.1) is 10.9 Å². The monoisotopic (exact) mass is 232 g/mol. The van der Waals surface area contributed by atoms with E-state index in [1.54, 1.807) is 0 Å². The fraction of sp³-hybridized carbons (Fsp3) is 0.500. The van der Waals surface area contributed by atoms with Crippen LogP contribution in [0.3, 0.4) is 0 Å². The minimum Gasteiger partial charge on any atom is -0.381 e. The van der Waals surface area contributed by atoms with Gasteiger partial charge >= 0.3 is 0 Å². The largest absolute Gasteiger partial charge is 0.381 e. The van der Waals surface area contributed by atoms with Crippen LogP contribution in [0.4, 0.5) is 0 Å². The van der Waals surface area contributed by atoms with Gasteiger partial charge in [0, 0.05) is 24.3 Å². The highest BCUT2D eigenvalue weighted by atomic mass is 35.5. The Morgan fingerprint density at radius 3 is 2.93 bits per heavy atom. The highest BCUT2D eigenvalue weighted by molar-refractivity contribution is 7.16. The second-order valence-corrected chi connectivity index (χ2v) is 4.67. The van der Waals surface area contributed by atoms with Crippen LogP contribution in [0.25, 0.3) is 0 Å². The van der Waals surface area contributed by atoms with Gasteiger partial charge in [0.15, 0.2) is 0 Å². The molecule has 0 bridgehead atoms. The lowest BCUT2D eigenvalue weighted by molar-refractivity contribution is -0.119. The van der Waals surface area contributed by atoms with Crippen molar-refractivity contribution in [1.82, 2.24) is 0 Å².